The van der Waals surface area contributed by atoms with Crippen molar-refractivity contribution in [3.05, 3.63) is 82.4 Å². The van der Waals surface area contributed by atoms with Gasteiger partial charge in [-0.1, -0.05) is 24.3 Å². The van der Waals surface area contributed by atoms with Crippen LogP contribution in [0.2, 0.25) is 0 Å². The summed E-state index contributed by atoms with van der Waals surface area (Å²) in [5, 5.41) is 7.50. The molecule has 32 heavy (non-hydrogen) atoms. The smallest absolute Gasteiger partial charge is 0.274 e. The largest absolute Gasteiger partial charge is 0.349 e. The van der Waals surface area contributed by atoms with Crippen LogP contribution in [0.3, 0.4) is 0 Å². The van der Waals surface area contributed by atoms with Crippen molar-refractivity contribution in [2.24, 2.45) is 0 Å². The molecule has 2 aromatic carbocycles. The van der Waals surface area contributed by atoms with Gasteiger partial charge in [-0.3, -0.25) is 9.59 Å². The molecule has 0 unspecified atom stereocenters. The Bertz CT molecular complexity index is 1180. The van der Waals surface area contributed by atoms with Crippen LogP contribution in [0.1, 0.15) is 56.9 Å². The van der Waals surface area contributed by atoms with Crippen molar-refractivity contribution >= 4 is 11.8 Å². The highest BCUT2D eigenvalue weighted by molar-refractivity contribution is 5.95. The fourth-order valence-corrected chi connectivity index (χ4v) is 4.22. The fraction of sp³-hybridized carbons (Fsp3) is 0.320. The molecule has 1 heterocycles. The number of hydrogen-bond acceptors (Lipinski definition) is 3. The number of halogens is 1. The summed E-state index contributed by atoms with van der Waals surface area (Å²) in [6, 6.07) is 14.1. The van der Waals surface area contributed by atoms with Gasteiger partial charge in [0.1, 0.15) is 11.5 Å². The van der Waals surface area contributed by atoms with Crippen LogP contribution in [0, 0.1) is 5.82 Å². The zero-order valence-electron chi connectivity index (χ0n) is 18.0. The van der Waals surface area contributed by atoms with E-state index in [4.69, 9.17) is 0 Å². The number of para-hydroxylation sites is 1. The summed E-state index contributed by atoms with van der Waals surface area (Å²) in [4.78, 5) is 27.0. The van der Waals surface area contributed by atoms with E-state index in [1.54, 1.807) is 47.0 Å². The van der Waals surface area contributed by atoms with E-state index in [2.05, 4.69) is 10.4 Å². The molecule has 1 saturated carbocycles. The Morgan fingerprint density at radius 1 is 1.12 bits per heavy atom. The third-order valence-corrected chi connectivity index (χ3v) is 6.11. The number of amides is 2. The van der Waals surface area contributed by atoms with Gasteiger partial charge in [0.2, 0.25) is 0 Å². The van der Waals surface area contributed by atoms with E-state index in [-0.39, 0.29) is 17.6 Å². The molecular weight excluding hydrogens is 407 g/mol. The van der Waals surface area contributed by atoms with Gasteiger partial charge in [0.05, 0.1) is 0 Å². The second-order valence-corrected chi connectivity index (χ2v) is 8.60. The highest BCUT2D eigenvalue weighted by Crippen LogP contribution is 2.29. The molecule has 6 nitrogen and oxygen atoms in total. The zero-order valence-corrected chi connectivity index (χ0v) is 18.0. The van der Waals surface area contributed by atoms with Crippen LogP contribution in [0.25, 0.3) is 5.69 Å². The summed E-state index contributed by atoms with van der Waals surface area (Å²) in [7, 11) is 1.74. The summed E-state index contributed by atoms with van der Waals surface area (Å²) in [5.41, 5.74) is 4.14. The molecule has 164 valence electrons. The molecule has 0 spiro atoms. The van der Waals surface area contributed by atoms with Gasteiger partial charge in [0.15, 0.2) is 5.69 Å². The highest BCUT2D eigenvalue weighted by Gasteiger charge is 2.29. The van der Waals surface area contributed by atoms with E-state index in [1.165, 1.54) is 6.07 Å². The number of nitrogens with zero attached hydrogens (tertiary/aromatic N) is 3. The second-order valence-electron chi connectivity index (χ2n) is 8.60. The maximum atomic E-state index is 14.4. The van der Waals surface area contributed by atoms with Crippen LogP contribution in [0.4, 0.5) is 4.39 Å². The molecule has 3 aromatic rings. The van der Waals surface area contributed by atoms with E-state index in [0.717, 1.165) is 48.9 Å². The Morgan fingerprint density at radius 2 is 1.88 bits per heavy atom. The first-order chi connectivity index (χ1) is 15.5. The fourth-order valence-electron chi connectivity index (χ4n) is 4.22. The van der Waals surface area contributed by atoms with Gasteiger partial charge in [-0.05, 0) is 61.9 Å². The summed E-state index contributed by atoms with van der Waals surface area (Å²) < 4.78 is 16.0. The van der Waals surface area contributed by atoms with Crippen molar-refractivity contribution < 1.29 is 14.0 Å². The number of carbonyl (C=O) groups is 2. The zero-order chi connectivity index (χ0) is 22.2. The number of benzene rings is 2. The highest BCUT2D eigenvalue weighted by atomic mass is 19.1. The minimum atomic E-state index is -0.358. The first-order valence-electron chi connectivity index (χ1n) is 11.0. The minimum absolute atomic E-state index is 0.0577. The van der Waals surface area contributed by atoms with Gasteiger partial charge >= 0.3 is 0 Å². The van der Waals surface area contributed by atoms with Gasteiger partial charge in [-0.25, -0.2) is 9.07 Å². The Labute approximate surface area is 186 Å². The van der Waals surface area contributed by atoms with Crippen LogP contribution in [0.5, 0.6) is 0 Å². The van der Waals surface area contributed by atoms with Crippen LogP contribution < -0.4 is 5.32 Å². The van der Waals surface area contributed by atoms with Crippen LogP contribution in [0.15, 0.2) is 48.5 Å². The quantitative estimate of drug-likeness (QED) is 0.646. The Balaban J connectivity index is 1.34. The number of aromatic nitrogens is 2. The van der Waals surface area contributed by atoms with Crippen molar-refractivity contribution in [2.75, 3.05) is 7.05 Å². The Hall–Kier alpha value is -3.48. The molecule has 1 N–H and O–H groups in total. The van der Waals surface area contributed by atoms with Gasteiger partial charge in [0, 0.05) is 36.5 Å². The maximum Gasteiger partial charge on any atom is 0.274 e. The topological polar surface area (TPSA) is 67.2 Å². The number of rotatable bonds is 6. The molecule has 1 fully saturated rings. The van der Waals surface area contributed by atoms with Crippen LogP contribution >= 0.6 is 0 Å². The molecule has 0 atom stereocenters. The Morgan fingerprint density at radius 3 is 2.59 bits per heavy atom. The molecule has 1 aromatic heterocycles. The molecule has 0 bridgehead atoms. The summed E-state index contributed by atoms with van der Waals surface area (Å²) in [5.74, 6) is -0.602. The molecule has 7 heteroatoms. The first kappa shape index (κ1) is 20.4. The first-order valence-corrected chi connectivity index (χ1v) is 11.0. The lowest BCUT2D eigenvalue weighted by Gasteiger charge is -2.17. The van der Waals surface area contributed by atoms with E-state index in [0.29, 0.717) is 29.5 Å². The van der Waals surface area contributed by atoms with Gasteiger partial charge < -0.3 is 10.2 Å². The Kier molecular flexibility index (Phi) is 5.25. The van der Waals surface area contributed by atoms with Gasteiger partial charge in [-0.2, -0.15) is 5.10 Å². The van der Waals surface area contributed by atoms with Crippen molar-refractivity contribution in [2.45, 2.75) is 44.7 Å². The van der Waals surface area contributed by atoms with Crippen LogP contribution in [-0.4, -0.2) is 39.6 Å². The van der Waals surface area contributed by atoms with Crippen molar-refractivity contribution in [1.29, 1.82) is 0 Å². The monoisotopic (exact) mass is 432 g/mol. The molecule has 0 radical (unpaired) electrons. The van der Waals surface area contributed by atoms with E-state index >= 15 is 0 Å². The van der Waals surface area contributed by atoms with Crippen molar-refractivity contribution in [1.82, 2.24) is 20.0 Å². The minimum Gasteiger partial charge on any atom is -0.349 e. The standard InChI is InChI=1S/C25H25FN4O2/c1-29(15-16-9-11-17(12-10-16)24(31)27-18-13-14-18)25(32)23-19-5-4-8-21(19)30(28-23)22-7-3-2-6-20(22)26/h2-3,6-7,9-12,18H,4-5,8,13-15H2,1H3,(H,27,31). The second kappa shape index (κ2) is 8.22. The number of hydrogen-bond donors (Lipinski definition) is 1. The van der Waals surface area contributed by atoms with E-state index in [9.17, 15) is 14.0 Å². The number of fused-ring (bicyclic) bond motifs is 1. The van der Waals surface area contributed by atoms with Crippen molar-refractivity contribution in [3.63, 3.8) is 0 Å². The molecule has 2 amide bonds. The normalized spacial score (nSPS) is 14.8. The van der Waals surface area contributed by atoms with Gasteiger partial charge in [0.25, 0.3) is 11.8 Å². The molecule has 2 aliphatic rings. The lowest BCUT2D eigenvalue weighted by Crippen LogP contribution is -2.28. The van der Waals surface area contributed by atoms with E-state index in [1.807, 2.05) is 12.1 Å². The maximum absolute atomic E-state index is 14.4. The average Bonchev–Trinajstić information content (AvgIpc) is 3.35. The third-order valence-electron chi connectivity index (χ3n) is 6.11. The summed E-state index contributed by atoms with van der Waals surface area (Å²) >= 11 is 0. The summed E-state index contributed by atoms with van der Waals surface area (Å²) in [6.07, 6.45) is 4.57. The summed E-state index contributed by atoms with van der Waals surface area (Å²) in [6.45, 7) is 0.394. The molecule has 2 aliphatic carbocycles. The van der Waals surface area contributed by atoms with Gasteiger partial charge in [-0.15, -0.1) is 0 Å². The number of carbonyl (C=O) groups excluding carboxylic acids is 2. The molecule has 5 rings (SSSR count). The molecular formula is C25H25FN4O2. The SMILES string of the molecule is CN(Cc1ccc(C(=O)NC2CC2)cc1)C(=O)c1nn(-c2ccccc2F)c2c1CCC2. The van der Waals surface area contributed by atoms with Crippen LogP contribution in [-0.2, 0) is 19.4 Å². The number of nitrogens with one attached hydrogen (secondary N) is 1. The molecule has 0 aliphatic heterocycles. The van der Waals surface area contributed by atoms with Crippen molar-refractivity contribution in [3.8, 4) is 5.69 Å². The predicted octanol–water partition coefficient (Wildman–Crippen LogP) is 3.66. The lowest BCUT2D eigenvalue weighted by molar-refractivity contribution is 0.0777. The third kappa shape index (κ3) is 3.90. The van der Waals surface area contributed by atoms with E-state index < -0.39 is 0 Å². The molecule has 0 saturated heterocycles. The lowest BCUT2D eigenvalue weighted by atomic mass is 10.1. The average molecular weight is 432 g/mol. The predicted molar refractivity (Wildman–Crippen MR) is 118 cm³/mol.